The van der Waals surface area contributed by atoms with Crippen LogP contribution in [0.25, 0.3) is 10.9 Å². The Morgan fingerprint density at radius 3 is 2.67 bits per heavy atom. The molecule has 1 N–H and O–H groups in total. The number of hydrogen-bond donors (Lipinski definition) is 1. The second-order valence-electron chi connectivity index (χ2n) is 9.52. The summed E-state index contributed by atoms with van der Waals surface area (Å²) in [7, 11) is 4.23. The van der Waals surface area contributed by atoms with Crippen LogP contribution in [-0.4, -0.2) is 64.4 Å². The molecule has 6 nitrogen and oxygen atoms in total. The first kappa shape index (κ1) is 23.7. The van der Waals surface area contributed by atoms with Crippen molar-refractivity contribution in [2.24, 2.45) is 5.92 Å². The van der Waals surface area contributed by atoms with Gasteiger partial charge in [-0.2, -0.15) is 13.2 Å². The van der Waals surface area contributed by atoms with E-state index < -0.39 is 17.8 Å². The number of nitrogens with one attached hydrogen (secondary N) is 1. The van der Waals surface area contributed by atoms with Crippen molar-refractivity contribution in [2.45, 2.75) is 69.8 Å². The minimum absolute atomic E-state index is 0.0168. The van der Waals surface area contributed by atoms with Crippen molar-refractivity contribution in [3.05, 3.63) is 30.1 Å². The SMILES string of the molecule is CCC[C@@H]1C[C@H](N(C)C)CC[C@@H]1N1CCC(Nc2ncnc3ccc(C(F)(F)F)cc23)C1=O. The summed E-state index contributed by atoms with van der Waals surface area (Å²) in [6.07, 6.45) is 2.77. The average molecular weight is 464 g/mol. The number of rotatable bonds is 6. The van der Waals surface area contributed by atoms with E-state index in [2.05, 4.69) is 41.2 Å². The van der Waals surface area contributed by atoms with Gasteiger partial charge in [0.05, 0.1) is 11.1 Å². The fraction of sp³-hybridized carbons (Fsp3) is 0.625. The highest BCUT2D eigenvalue weighted by Crippen LogP contribution is 2.37. The molecule has 1 aromatic heterocycles. The first-order chi connectivity index (χ1) is 15.7. The number of fused-ring (bicyclic) bond motifs is 1. The molecular formula is C24H32F3N5O. The largest absolute Gasteiger partial charge is 0.416 e. The van der Waals surface area contributed by atoms with Crippen LogP contribution in [0.4, 0.5) is 19.0 Å². The van der Waals surface area contributed by atoms with Gasteiger partial charge in [-0.3, -0.25) is 4.79 Å². The molecule has 1 amide bonds. The Kier molecular flexibility index (Phi) is 6.79. The monoisotopic (exact) mass is 463 g/mol. The fourth-order valence-corrected chi connectivity index (χ4v) is 5.46. The Morgan fingerprint density at radius 1 is 1.18 bits per heavy atom. The maximum atomic E-state index is 13.4. The maximum Gasteiger partial charge on any atom is 0.416 e. The van der Waals surface area contributed by atoms with Crippen LogP contribution in [0.15, 0.2) is 24.5 Å². The van der Waals surface area contributed by atoms with Crippen molar-refractivity contribution in [1.29, 1.82) is 0 Å². The number of aromatic nitrogens is 2. The number of halogens is 3. The molecule has 2 aromatic rings. The van der Waals surface area contributed by atoms with Crippen molar-refractivity contribution in [2.75, 3.05) is 26.0 Å². The first-order valence-electron chi connectivity index (χ1n) is 11.7. The van der Waals surface area contributed by atoms with Crippen LogP contribution in [0.3, 0.4) is 0 Å². The van der Waals surface area contributed by atoms with Gasteiger partial charge >= 0.3 is 6.18 Å². The predicted octanol–water partition coefficient (Wildman–Crippen LogP) is 4.56. The van der Waals surface area contributed by atoms with E-state index in [4.69, 9.17) is 0 Å². The number of carbonyl (C=O) groups is 1. The van der Waals surface area contributed by atoms with Crippen LogP contribution in [-0.2, 0) is 11.0 Å². The minimum Gasteiger partial charge on any atom is -0.358 e. The smallest absolute Gasteiger partial charge is 0.358 e. The lowest BCUT2D eigenvalue weighted by Gasteiger charge is -2.43. The van der Waals surface area contributed by atoms with Crippen LogP contribution < -0.4 is 5.32 Å². The van der Waals surface area contributed by atoms with E-state index >= 15 is 0 Å². The van der Waals surface area contributed by atoms with Gasteiger partial charge in [0.1, 0.15) is 18.2 Å². The van der Waals surface area contributed by atoms with E-state index in [9.17, 15) is 18.0 Å². The maximum absolute atomic E-state index is 13.4. The summed E-state index contributed by atoms with van der Waals surface area (Å²) in [4.78, 5) is 25.9. The van der Waals surface area contributed by atoms with E-state index in [1.807, 2.05) is 4.90 Å². The zero-order valence-electron chi connectivity index (χ0n) is 19.4. The van der Waals surface area contributed by atoms with Crippen molar-refractivity contribution in [1.82, 2.24) is 19.8 Å². The van der Waals surface area contributed by atoms with Crippen LogP contribution in [0, 0.1) is 5.92 Å². The summed E-state index contributed by atoms with van der Waals surface area (Å²) >= 11 is 0. The zero-order chi connectivity index (χ0) is 23.8. The first-order valence-corrected chi connectivity index (χ1v) is 11.7. The number of amides is 1. The molecule has 1 saturated carbocycles. The molecule has 33 heavy (non-hydrogen) atoms. The van der Waals surface area contributed by atoms with Crippen LogP contribution in [0.1, 0.15) is 51.0 Å². The van der Waals surface area contributed by atoms with Crippen molar-refractivity contribution in [3.8, 4) is 0 Å². The molecule has 4 rings (SSSR count). The number of benzene rings is 1. The predicted molar refractivity (Wildman–Crippen MR) is 122 cm³/mol. The van der Waals surface area contributed by atoms with Gasteiger partial charge in [-0.05, 0) is 70.3 Å². The molecule has 1 unspecified atom stereocenters. The van der Waals surface area contributed by atoms with Crippen molar-refractivity contribution in [3.63, 3.8) is 0 Å². The van der Waals surface area contributed by atoms with E-state index in [-0.39, 0.29) is 23.2 Å². The Balaban J connectivity index is 1.52. The van der Waals surface area contributed by atoms with Crippen LogP contribution in [0.5, 0.6) is 0 Å². The van der Waals surface area contributed by atoms with Gasteiger partial charge in [-0.25, -0.2) is 9.97 Å². The Hall–Kier alpha value is -2.42. The molecule has 1 aliphatic carbocycles. The van der Waals surface area contributed by atoms with E-state index in [0.29, 0.717) is 30.4 Å². The molecule has 0 spiro atoms. The molecule has 2 fully saturated rings. The molecule has 4 atom stereocenters. The molecule has 1 saturated heterocycles. The summed E-state index contributed by atoms with van der Waals surface area (Å²) in [5.41, 5.74) is -0.347. The molecule has 9 heteroatoms. The normalized spacial score (nSPS) is 26.4. The lowest BCUT2D eigenvalue weighted by atomic mass is 9.78. The van der Waals surface area contributed by atoms with Gasteiger partial charge in [0.25, 0.3) is 0 Å². The van der Waals surface area contributed by atoms with Gasteiger partial charge in [-0.1, -0.05) is 13.3 Å². The number of likely N-dealkylation sites (tertiary alicyclic amines) is 1. The molecule has 1 aromatic carbocycles. The quantitative estimate of drug-likeness (QED) is 0.681. The highest BCUT2D eigenvalue weighted by Gasteiger charge is 2.42. The van der Waals surface area contributed by atoms with E-state index in [1.54, 1.807) is 0 Å². The lowest BCUT2D eigenvalue weighted by Crippen LogP contribution is -2.49. The van der Waals surface area contributed by atoms with Gasteiger partial charge in [0.2, 0.25) is 5.91 Å². The standard InChI is InChI=1S/C24H32F3N5O/c1-4-5-15-12-17(31(2)3)7-9-21(15)32-11-10-20(23(32)33)30-22-18-13-16(24(25,26)27)6-8-19(18)28-14-29-22/h6,8,13-15,17,20-21H,4-5,7,9-12H2,1-3H3,(H,28,29,30)/t15-,17-,20?,21+/m1/s1. The summed E-state index contributed by atoms with van der Waals surface area (Å²) in [5, 5.41) is 3.41. The third kappa shape index (κ3) is 4.93. The van der Waals surface area contributed by atoms with Crippen molar-refractivity contribution >= 4 is 22.6 Å². The molecule has 2 aliphatic rings. The second-order valence-corrected chi connectivity index (χ2v) is 9.52. The van der Waals surface area contributed by atoms with Gasteiger partial charge < -0.3 is 15.1 Å². The summed E-state index contributed by atoms with van der Waals surface area (Å²) in [5.74, 6) is 0.754. The average Bonchev–Trinajstić information content (AvgIpc) is 3.13. The van der Waals surface area contributed by atoms with E-state index in [0.717, 1.165) is 44.2 Å². The third-order valence-corrected chi connectivity index (χ3v) is 7.22. The number of hydrogen-bond acceptors (Lipinski definition) is 5. The topological polar surface area (TPSA) is 61.4 Å². The molecule has 0 bridgehead atoms. The Morgan fingerprint density at radius 2 is 1.97 bits per heavy atom. The number of alkyl halides is 3. The Labute approximate surface area is 192 Å². The minimum atomic E-state index is -4.46. The van der Waals surface area contributed by atoms with Crippen LogP contribution >= 0.6 is 0 Å². The zero-order valence-corrected chi connectivity index (χ0v) is 19.4. The van der Waals surface area contributed by atoms with Gasteiger partial charge in [0, 0.05) is 24.0 Å². The van der Waals surface area contributed by atoms with Gasteiger partial charge in [0.15, 0.2) is 0 Å². The third-order valence-electron chi connectivity index (χ3n) is 7.22. The molecule has 2 heterocycles. The highest BCUT2D eigenvalue weighted by molar-refractivity contribution is 5.93. The number of nitrogens with zero attached hydrogens (tertiary/aromatic N) is 4. The number of anilines is 1. The lowest BCUT2D eigenvalue weighted by molar-refractivity contribution is -0.137. The van der Waals surface area contributed by atoms with Gasteiger partial charge in [-0.15, -0.1) is 0 Å². The van der Waals surface area contributed by atoms with Crippen LogP contribution in [0.2, 0.25) is 0 Å². The summed E-state index contributed by atoms with van der Waals surface area (Å²) in [6.45, 7) is 2.84. The fourth-order valence-electron chi connectivity index (χ4n) is 5.46. The molecular weight excluding hydrogens is 431 g/mol. The molecule has 180 valence electrons. The Bertz CT molecular complexity index is 996. The van der Waals surface area contributed by atoms with Crippen molar-refractivity contribution < 1.29 is 18.0 Å². The van der Waals surface area contributed by atoms with E-state index in [1.165, 1.54) is 12.4 Å². The molecule has 1 aliphatic heterocycles. The molecule has 0 radical (unpaired) electrons. The number of carbonyl (C=O) groups excluding carboxylic acids is 1. The summed E-state index contributed by atoms with van der Waals surface area (Å²) < 4.78 is 39.7. The summed E-state index contributed by atoms with van der Waals surface area (Å²) in [6, 6.07) is 3.67. The highest BCUT2D eigenvalue weighted by atomic mass is 19.4. The second kappa shape index (κ2) is 9.44.